The molecule has 1 amide bonds. The molecule has 1 aliphatic rings. The van der Waals surface area contributed by atoms with Crippen LogP contribution in [0.5, 0.6) is 17.2 Å². The van der Waals surface area contributed by atoms with Crippen LogP contribution in [0.25, 0.3) is 5.76 Å². The second-order valence-electron chi connectivity index (χ2n) is 9.46. The minimum absolute atomic E-state index is 0.00680. The van der Waals surface area contributed by atoms with Gasteiger partial charge in [0.2, 0.25) is 5.78 Å². The molecule has 0 bridgehead atoms. The number of amides is 1. The van der Waals surface area contributed by atoms with Gasteiger partial charge in [-0.25, -0.2) is 4.39 Å². The van der Waals surface area contributed by atoms with Gasteiger partial charge in [0.25, 0.3) is 5.91 Å². The first kappa shape index (κ1) is 29.0. The lowest BCUT2D eigenvalue weighted by atomic mass is 9.94. The van der Waals surface area contributed by atoms with Crippen LogP contribution < -0.4 is 24.2 Å². The van der Waals surface area contributed by atoms with E-state index in [9.17, 15) is 19.1 Å². The van der Waals surface area contributed by atoms with Crippen molar-refractivity contribution in [2.24, 2.45) is 0 Å². The number of carbonyl (C=O) groups excluding carboxylic acids is 2. The number of hydrogen-bond donors (Lipinski definition) is 1. The van der Waals surface area contributed by atoms with Gasteiger partial charge < -0.3 is 29.1 Å². The van der Waals surface area contributed by atoms with Crippen LogP contribution in [0.3, 0.4) is 0 Å². The molecule has 1 saturated heterocycles. The molecule has 206 valence electrons. The quantitative estimate of drug-likeness (QED) is 0.258. The van der Waals surface area contributed by atoms with Crippen molar-refractivity contribution in [3.05, 3.63) is 58.9 Å². The highest BCUT2D eigenvalue weighted by Crippen LogP contribution is 2.41. The van der Waals surface area contributed by atoms with Crippen molar-refractivity contribution < 1.29 is 38.2 Å². The molecule has 38 heavy (non-hydrogen) atoms. The minimum atomic E-state index is -0.941. The molecule has 0 radical (unpaired) electrons. The number of nitrogens with one attached hydrogen (secondary N) is 1. The van der Waals surface area contributed by atoms with Crippen molar-refractivity contribution in [1.82, 2.24) is 4.90 Å². The van der Waals surface area contributed by atoms with E-state index < -0.39 is 29.3 Å². The van der Waals surface area contributed by atoms with E-state index in [0.717, 1.165) is 25.7 Å². The van der Waals surface area contributed by atoms with Gasteiger partial charge in [0.05, 0.1) is 46.0 Å². The third kappa shape index (κ3) is 6.10. The zero-order valence-electron chi connectivity index (χ0n) is 22.9. The fraction of sp³-hybridized carbons (Fsp3) is 0.448. The summed E-state index contributed by atoms with van der Waals surface area (Å²) in [6.07, 6.45) is 0.396. The molecule has 3 rings (SSSR count). The Morgan fingerprint density at radius 1 is 1.03 bits per heavy atom. The molecule has 2 aromatic rings. The average molecular weight is 529 g/mol. The third-order valence-electron chi connectivity index (χ3n) is 6.74. The van der Waals surface area contributed by atoms with Crippen molar-refractivity contribution in [3.63, 3.8) is 0 Å². The Hall–Kier alpha value is -3.59. The second kappa shape index (κ2) is 12.8. The highest BCUT2D eigenvalue weighted by Gasteiger charge is 2.44. The second-order valence-corrected chi connectivity index (χ2v) is 9.46. The number of hydrogen-bond acceptors (Lipinski definition) is 6. The maximum absolute atomic E-state index is 14.7. The normalized spacial score (nSPS) is 17.0. The predicted octanol–water partition coefficient (Wildman–Crippen LogP) is 2.17. The fourth-order valence-electron chi connectivity index (χ4n) is 4.72. The van der Waals surface area contributed by atoms with Gasteiger partial charge in [-0.2, -0.15) is 0 Å². The van der Waals surface area contributed by atoms with Crippen molar-refractivity contribution in [3.8, 4) is 17.2 Å². The zero-order chi connectivity index (χ0) is 28.0. The van der Waals surface area contributed by atoms with Crippen molar-refractivity contribution >= 4 is 17.4 Å². The Morgan fingerprint density at radius 3 is 2.26 bits per heavy atom. The van der Waals surface area contributed by atoms with Crippen molar-refractivity contribution in [2.45, 2.75) is 46.3 Å². The molecule has 9 heteroatoms. The molecule has 0 saturated carbocycles. The molecule has 0 aromatic heterocycles. The van der Waals surface area contributed by atoms with Gasteiger partial charge in [0.1, 0.15) is 0 Å². The first-order valence-corrected chi connectivity index (χ1v) is 12.9. The van der Waals surface area contributed by atoms with E-state index in [-0.39, 0.29) is 23.0 Å². The number of likely N-dealkylation sites (tertiary alicyclic amines) is 1. The van der Waals surface area contributed by atoms with Crippen LogP contribution in [0.2, 0.25) is 0 Å². The van der Waals surface area contributed by atoms with Crippen LogP contribution in [0, 0.1) is 5.82 Å². The first-order chi connectivity index (χ1) is 18.2. The lowest BCUT2D eigenvalue weighted by Crippen LogP contribution is -3.11. The van der Waals surface area contributed by atoms with Crippen LogP contribution in [0.15, 0.2) is 42.0 Å². The molecule has 1 heterocycles. The smallest absolute Gasteiger partial charge is 0.295 e. The number of carbonyl (C=O) groups is 2. The zero-order valence-corrected chi connectivity index (χ0v) is 22.9. The highest BCUT2D eigenvalue weighted by atomic mass is 19.1. The number of nitrogens with zero attached hydrogens (tertiary/aromatic N) is 1. The Labute approximate surface area is 223 Å². The maximum Gasteiger partial charge on any atom is 0.295 e. The summed E-state index contributed by atoms with van der Waals surface area (Å²) >= 11 is 0. The average Bonchev–Trinajstić information content (AvgIpc) is 3.16. The SMILES string of the molecule is CC[NH+](CC)CCCN1C(=O)C(=O)C(=C([O-])c2ccc(OC(C)C)c(F)c2)C1c1ccc(OC)c(OC)c1. The number of ketones is 1. The summed E-state index contributed by atoms with van der Waals surface area (Å²) in [5, 5.41) is 13.7. The Balaban J connectivity index is 2.10. The Morgan fingerprint density at radius 2 is 1.68 bits per heavy atom. The largest absolute Gasteiger partial charge is 0.872 e. The molecule has 1 atom stereocenters. The fourth-order valence-corrected chi connectivity index (χ4v) is 4.72. The lowest BCUT2D eigenvalue weighted by molar-refractivity contribution is -0.896. The van der Waals surface area contributed by atoms with E-state index in [1.807, 2.05) is 0 Å². The standard InChI is InChI=1S/C29H37FN2O6/c1-7-31(8-2)14-9-15-32-26(19-10-13-23(36-5)24(17-19)37-6)25(28(34)29(32)35)27(33)20-11-12-22(21(30)16-20)38-18(3)4/h10-13,16-18,26,33H,7-9,14-15H2,1-6H3. The van der Waals surface area contributed by atoms with Crippen LogP contribution >= 0.6 is 0 Å². The summed E-state index contributed by atoms with van der Waals surface area (Å²) in [5.74, 6) is -2.17. The first-order valence-electron chi connectivity index (χ1n) is 12.9. The number of benzene rings is 2. The topological polar surface area (TPSA) is 92.6 Å². The summed E-state index contributed by atoms with van der Waals surface area (Å²) in [7, 11) is 2.99. The number of methoxy groups -OCH3 is 2. The lowest BCUT2D eigenvalue weighted by Gasteiger charge is -2.28. The molecular weight excluding hydrogens is 491 g/mol. The Bertz CT molecular complexity index is 1190. The molecular formula is C29H37FN2O6. The van der Waals surface area contributed by atoms with Gasteiger partial charge in [-0.15, -0.1) is 0 Å². The molecule has 0 spiro atoms. The summed E-state index contributed by atoms with van der Waals surface area (Å²) in [4.78, 5) is 29.3. The van der Waals surface area contributed by atoms with Gasteiger partial charge in [0, 0.05) is 18.5 Å². The summed E-state index contributed by atoms with van der Waals surface area (Å²) in [6, 6.07) is 7.90. The summed E-state index contributed by atoms with van der Waals surface area (Å²) in [5.41, 5.74) is 0.282. The molecule has 1 fully saturated rings. The van der Waals surface area contributed by atoms with Crippen molar-refractivity contribution in [1.29, 1.82) is 0 Å². The van der Waals surface area contributed by atoms with E-state index in [4.69, 9.17) is 14.2 Å². The van der Waals surface area contributed by atoms with E-state index in [0.29, 0.717) is 30.0 Å². The Kier molecular flexibility index (Phi) is 9.74. The number of ether oxygens (including phenoxy) is 3. The van der Waals surface area contributed by atoms with Crippen LogP contribution in [-0.4, -0.2) is 63.1 Å². The monoisotopic (exact) mass is 528 g/mol. The maximum atomic E-state index is 14.7. The predicted molar refractivity (Wildman–Crippen MR) is 140 cm³/mol. The molecule has 0 aliphatic carbocycles. The molecule has 1 unspecified atom stereocenters. The van der Waals surface area contributed by atoms with Gasteiger partial charge in [-0.05, 0) is 63.1 Å². The summed E-state index contributed by atoms with van der Waals surface area (Å²) < 4.78 is 30.9. The molecule has 2 aromatic carbocycles. The molecule has 1 N–H and O–H groups in total. The van der Waals surface area contributed by atoms with Crippen molar-refractivity contribution in [2.75, 3.05) is 40.4 Å². The van der Waals surface area contributed by atoms with Gasteiger partial charge >= 0.3 is 0 Å². The van der Waals surface area contributed by atoms with Crippen LogP contribution in [0.1, 0.15) is 51.3 Å². The van der Waals surface area contributed by atoms with Gasteiger partial charge in [-0.1, -0.05) is 17.9 Å². The number of quaternary nitrogens is 1. The highest BCUT2D eigenvalue weighted by molar-refractivity contribution is 6.46. The molecule has 1 aliphatic heterocycles. The van der Waals surface area contributed by atoms with E-state index in [1.54, 1.807) is 32.0 Å². The summed E-state index contributed by atoms with van der Waals surface area (Å²) in [6.45, 7) is 10.7. The minimum Gasteiger partial charge on any atom is -0.872 e. The number of halogens is 1. The number of Topliss-reactive ketones (excluding diaryl/α,β-unsaturated/α-hetero) is 1. The van der Waals surface area contributed by atoms with E-state index in [1.165, 1.54) is 36.2 Å². The third-order valence-corrected chi connectivity index (χ3v) is 6.74. The van der Waals surface area contributed by atoms with Gasteiger partial charge in [-0.3, -0.25) is 9.59 Å². The van der Waals surface area contributed by atoms with E-state index in [2.05, 4.69) is 13.8 Å². The van der Waals surface area contributed by atoms with E-state index >= 15 is 0 Å². The van der Waals surface area contributed by atoms with Crippen LogP contribution in [0.4, 0.5) is 4.39 Å². The van der Waals surface area contributed by atoms with Gasteiger partial charge in [0.15, 0.2) is 23.1 Å². The number of rotatable bonds is 12. The molecule has 8 nitrogen and oxygen atoms in total. The van der Waals surface area contributed by atoms with Crippen LogP contribution in [-0.2, 0) is 9.59 Å².